The van der Waals surface area contributed by atoms with Crippen LogP contribution in [-0.4, -0.2) is 24.1 Å². The molecule has 166 valence electrons. The first-order chi connectivity index (χ1) is 14.5. The van der Waals surface area contributed by atoms with Gasteiger partial charge in [0.25, 0.3) is 0 Å². The number of carbonyl (C=O) groups is 1. The van der Waals surface area contributed by atoms with Gasteiger partial charge in [0.05, 0.1) is 5.57 Å². The van der Waals surface area contributed by atoms with Crippen molar-refractivity contribution in [2.45, 2.75) is 44.1 Å². The van der Waals surface area contributed by atoms with Crippen LogP contribution >= 0.6 is 11.8 Å². The Labute approximate surface area is 178 Å². The molecule has 0 bridgehead atoms. The molecule has 3 nitrogen and oxygen atoms in total. The van der Waals surface area contributed by atoms with E-state index < -0.39 is 35.3 Å². The molecule has 4 rings (SSSR count). The van der Waals surface area contributed by atoms with E-state index in [2.05, 4.69) is 16.6 Å². The molecule has 10 heteroatoms. The van der Waals surface area contributed by atoms with Gasteiger partial charge in [0.1, 0.15) is 5.75 Å². The van der Waals surface area contributed by atoms with Gasteiger partial charge >= 0.3 is 12.5 Å². The van der Waals surface area contributed by atoms with E-state index >= 15 is 0 Å². The molecule has 2 heterocycles. The lowest BCUT2D eigenvalue weighted by molar-refractivity contribution is -0.274. The Balaban J connectivity index is 1.86. The topological polar surface area (TPSA) is 38.3 Å². The fourth-order valence-corrected chi connectivity index (χ4v) is 5.42. The molecule has 1 aliphatic carbocycles. The number of halogens is 6. The van der Waals surface area contributed by atoms with Gasteiger partial charge in [0.15, 0.2) is 5.78 Å². The fourth-order valence-electron chi connectivity index (χ4n) is 4.14. The van der Waals surface area contributed by atoms with Crippen LogP contribution in [0.1, 0.15) is 42.7 Å². The number of ketones is 1. The third kappa shape index (κ3) is 4.22. The van der Waals surface area contributed by atoms with Crippen molar-refractivity contribution < 1.29 is 35.9 Å². The third-order valence-electron chi connectivity index (χ3n) is 5.45. The molecule has 0 fully saturated rings. The van der Waals surface area contributed by atoms with Crippen molar-refractivity contribution >= 4 is 23.1 Å². The SMILES string of the molecule is C=C(c1cc(C2C3=C(CCS3)NC3=C2C(=O)CCC3)ccc1OC(F)(F)F)C(F)(F)F. The van der Waals surface area contributed by atoms with Gasteiger partial charge in [-0.05, 0) is 37.0 Å². The van der Waals surface area contributed by atoms with Gasteiger partial charge in [-0.2, -0.15) is 13.2 Å². The molecule has 1 aromatic rings. The largest absolute Gasteiger partial charge is 0.573 e. The first-order valence-corrected chi connectivity index (χ1v) is 10.5. The monoisotopic (exact) mass is 461 g/mol. The number of Topliss-reactive ketones (excluding diaryl/α,β-unsaturated/α-hetero) is 1. The summed E-state index contributed by atoms with van der Waals surface area (Å²) < 4.78 is 82.2. The fraction of sp³-hybridized carbons (Fsp3) is 0.381. The van der Waals surface area contributed by atoms with E-state index in [1.165, 1.54) is 17.8 Å². The van der Waals surface area contributed by atoms with E-state index in [0.717, 1.165) is 40.6 Å². The number of hydrogen-bond acceptors (Lipinski definition) is 4. The summed E-state index contributed by atoms with van der Waals surface area (Å²) in [4.78, 5) is 13.6. The molecule has 1 unspecified atom stereocenters. The Kier molecular flexibility index (Phi) is 5.39. The Morgan fingerprint density at radius 1 is 1.10 bits per heavy atom. The summed E-state index contributed by atoms with van der Waals surface area (Å²) in [6.45, 7) is 2.96. The molecule has 1 N–H and O–H groups in total. The molecular weight excluding hydrogens is 444 g/mol. The van der Waals surface area contributed by atoms with Gasteiger partial charge in [-0.15, -0.1) is 24.9 Å². The summed E-state index contributed by atoms with van der Waals surface area (Å²) in [5, 5.41) is 3.30. The minimum absolute atomic E-state index is 0.107. The number of allylic oxidation sites excluding steroid dienone is 5. The highest BCUT2D eigenvalue weighted by atomic mass is 32.2. The van der Waals surface area contributed by atoms with Crippen molar-refractivity contribution in [2.24, 2.45) is 0 Å². The number of rotatable bonds is 3. The van der Waals surface area contributed by atoms with Crippen molar-refractivity contribution in [2.75, 3.05) is 5.75 Å². The number of benzene rings is 1. The first kappa shape index (κ1) is 21.9. The quantitative estimate of drug-likeness (QED) is 0.544. The molecule has 0 saturated carbocycles. The molecule has 3 aliphatic rings. The van der Waals surface area contributed by atoms with Gasteiger partial charge in [0.2, 0.25) is 0 Å². The van der Waals surface area contributed by atoms with Crippen LogP contribution in [0.5, 0.6) is 5.75 Å². The zero-order valence-corrected chi connectivity index (χ0v) is 16.9. The minimum Gasteiger partial charge on any atom is -0.405 e. The lowest BCUT2D eigenvalue weighted by Crippen LogP contribution is -2.30. The van der Waals surface area contributed by atoms with E-state index in [9.17, 15) is 31.1 Å². The Bertz CT molecular complexity index is 1020. The van der Waals surface area contributed by atoms with Crippen LogP contribution in [0.15, 0.2) is 46.7 Å². The van der Waals surface area contributed by atoms with Gasteiger partial charge < -0.3 is 10.1 Å². The second kappa shape index (κ2) is 7.65. The van der Waals surface area contributed by atoms with Crippen LogP contribution in [0.25, 0.3) is 5.57 Å². The minimum atomic E-state index is -5.16. The summed E-state index contributed by atoms with van der Waals surface area (Å²) in [6, 6.07) is 3.17. The predicted molar refractivity (Wildman–Crippen MR) is 104 cm³/mol. The highest BCUT2D eigenvalue weighted by Gasteiger charge is 2.41. The molecule has 2 aliphatic heterocycles. The highest BCUT2D eigenvalue weighted by Crippen LogP contribution is 2.51. The van der Waals surface area contributed by atoms with Crippen molar-refractivity contribution in [1.29, 1.82) is 0 Å². The maximum Gasteiger partial charge on any atom is 0.573 e. The molecule has 31 heavy (non-hydrogen) atoms. The average molecular weight is 461 g/mol. The van der Waals surface area contributed by atoms with Crippen molar-refractivity contribution in [3.63, 3.8) is 0 Å². The molecule has 0 saturated heterocycles. The summed E-state index contributed by atoms with van der Waals surface area (Å²) >= 11 is 1.50. The smallest absolute Gasteiger partial charge is 0.405 e. The molecule has 1 atom stereocenters. The predicted octanol–water partition coefficient (Wildman–Crippen LogP) is 6.20. The molecule has 0 amide bonds. The molecule has 0 spiro atoms. The Morgan fingerprint density at radius 3 is 2.52 bits per heavy atom. The van der Waals surface area contributed by atoms with Crippen LogP contribution in [0, 0.1) is 0 Å². The Morgan fingerprint density at radius 2 is 1.84 bits per heavy atom. The van der Waals surface area contributed by atoms with Crippen molar-refractivity contribution in [1.82, 2.24) is 5.32 Å². The zero-order valence-electron chi connectivity index (χ0n) is 16.0. The molecule has 0 aromatic heterocycles. The van der Waals surface area contributed by atoms with E-state index in [4.69, 9.17) is 0 Å². The second-order valence-electron chi connectivity index (χ2n) is 7.45. The van der Waals surface area contributed by atoms with Crippen LogP contribution in [0.3, 0.4) is 0 Å². The maximum atomic E-state index is 13.3. The summed E-state index contributed by atoms with van der Waals surface area (Å²) in [6.07, 6.45) is -7.77. The van der Waals surface area contributed by atoms with Crippen LogP contribution in [0.2, 0.25) is 0 Å². The molecule has 1 aromatic carbocycles. The normalized spacial score (nSPS) is 21.6. The van der Waals surface area contributed by atoms with Crippen LogP contribution in [0.4, 0.5) is 26.3 Å². The number of thioether (sulfide) groups is 1. The van der Waals surface area contributed by atoms with E-state index in [0.29, 0.717) is 30.4 Å². The van der Waals surface area contributed by atoms with E-state index in [1.54, 1.807) is 0 Å². The summed E-state index contributed by atoms with van der Waals surface area (Å²) in [7, 11) is 0. The maximum absolute atomic E-state index is 13.3. The number of alkyl halides is 6. The van der Waals surface area contributed by atoms with Crippen LogP contribution in [-0.2, 0) is 4.79 Å². The zero-order chi connectivity index (χ0) is 22.6. The lowest BCUT2D eigenvalue weighted by Gasteiger charge is -2.33. The van der Waals surface area contributed by atoms with Gasteiger partial charge in [0, 0.05) is 45.5 Å². The third-order valence-corrected chi connectivity index (χ3v) is 6.65. The summed E-state index contributed by atoms with van der Waals surface area (Å²) in [5.74, 6) is -0.957. The number of nitrogens with one attached hydrogen (secondary N) is 1. The average Bonchev–Trinajstić information content (AvgIpc) is 3.12. The molecular formula is C21H17F6NO2S. The number of carbonyl (C=O) groups excluding carboxylic acids is 1. The standard InChI is InChI=1S/C21H17F6NO2S/c1-10(20(22,23)24)12-9-11(5-6-16(12)30-21(25,26)27)17-18-13(3-2-4-15(18)29)28-14-7-8-31-19(14)17/h5-6,9,17,28H,1-4,7-8H2. The summed E-state index contributed by atoms with van der Waals surface area (Å²) in [5.41, 5.74) is 0.203. The first-order valence-electron chi connectivity index (χ1n) is 9.51. The van der Waals surface area contributed by atoms with E-state index in [1.807, 2.05) is 0 Å². The van der Waals surface area contributed by atoms with Crippen LogP contribution < -0.4 is 10.1 Å². The Hall–Kier alpha value is -2.36. The second-order valence-corrected chi connectivity index (χ2v) is 8.58. The van der Waals surface area contributed by atoms with Crippen molar-refractivity contribution in [3.05, 3.63) is 57.8 Å². The van der Waals surface area contributed by atoms with Gasteiger partial charge in [-0.3, -0.25) is 4.79 Å². The van der Waals surface area contributed by atoms with E-state index in [-0.39, 0.29) is 5.78 Å². The van der Waals surface area contributed by atoms with Gasteiger partial charge in [-0.25, -0.2) is 0 Å². The number of hydrogen-bond donors (Lipinski definition) is 1. The van der Waals surface area contributed by atoms with Gasteiger partial charge in [-0.1, -0.05) is 12.6 Å². The highest BCUT2D eigenvalue weighted by molar-refractivity contribution is 8.03. The lowest BCUT2D eigenvalue weighted by atomic mass is 9.78. The number of dihydropyridines is 1. The van der Waals surface area contributed by atoms with Crippen molar-refractivity contribution in [3.8, 4) is 5.75 Å². The molecule has 0 radical (unpaired) electrons. The number of ether oxygens (including phenoxy) is 1.